The van der Waals surface area contributed by atoms with Gasteiger partial charge in [0.05, 0.1) is 17.5 Å². The Balaban J connectivity index is 1.83. The maximum Gasteiger partial charge on any atom is 0.243 e. The lowest BCUT2D eigenvalue weighted by molar-refractivity contribution is 0.269. The molecule has 1 aliphatic rings. The fraction of sp³-hybridized carbons (Fsp3) is 0.421. The molecule has 0 spiro atoms. The van der Waals surface area contributed by atoms with Crippen molar-refractivity contribution in [1.82, 2.24) is 14.6 Å². The van der Waals surface area contributed by atoms with Gasteiger partial charge in [-0.25, -0.2) is 8.42 Å². The minimum atomic E-state index is -3.60. The fourth-order valence-electron chi connectivity index (χ4n) is 2.94. The van der Waals surface area contributed by atoms with Crippen LogP contribution in [0.2, 0.25) is 0 Å². The predicted molar refractivity (Wildman–Crippen MR) is 101 cm³/mol. The van der Waals surface area contributed by atoms with Crippen LogP contribution >= 0.6 is 0 Å². The zero-order valence-electron chi connectivity index (χ0n) is 15.1. The van der Waals surface area contributed by atoms with Gasteiger partial charge in [-0.1, -0.05) is 19.9 Å². The monoisotopic (exact) mass is 375 g/mol. The van der Waals surface area contributed by atoms with Crippen LogP contribution in [-0.4, -0.2) is 43.9 Å². The van der Waals surface area contributed by atoms with E-state index in [1.807, 2.05) is 12.1 Å². The average Bonchev–Trinajstić information content (AvgIpc) is 2.67. The van der Waals surface area contributed by atoms with Gasteiger partial charge in [0.2, 0.25) is 10.0 Å². The number of rotatable bonds is 6. The third-order valence-electron chi connectivity index (χ3n) is 4.28. The van der Waals surface area contributed by atoms with Crippen molar-refractivity contribution in [3.05, 3.63) is 54.4 Å². The summed E-state index contributed by atoms with van der Waals surface area (Å²) in [5.74, 6) is 1.10. The molecule has 0 aliphatic carbocycles. The first kappa shape index (κ1) is 18.8. The van der Waals surface area contributed by atoms with Crippen LogP contribution in [0.3, 0.4) is 0 Å². The molecule has 26 heavy (non-hydrogen) atoms. The van der Waals surface area contributed by atoms with Crippen molar-refractivity contribution in [2.24, 2.45) is 5.92 Å². The lowest BCUT2D eigenvalue weighted by atomic mass is 10.1. The second-order valence-electron chi connectivity index (χ2n) is 6.80. The molecule has 2 aromatic rings. The molecule has 1 atom stereocenters. The molecule has 140 valence electrons. The van der Waals surface area contributed by atoms with E-state index in [1.165, 1.54) is 0 Å². The van der Waals surface area contributed by atoms with Crippen LogP contribution in [0, 0.1) is 5.92 Å². The molecule has 1 saturated heterocycles. The van der Waals surface area contributed by atoms with Crippen molar-refractivity contribution in [1.29, 1.82) is 0 Å². The van der Waals surface area contributed by atoms with Gasteiger partial charge in [-0.2, -0.15) is 4.31 Å². The molecular weight excluding hydrogens is 350 g/mol. The molecule has 7 heteroatoms. The lowest BCUT2D eigenvalue weighted by Gasteiger charge is -2.35. The highest BCUT2D eigenvalue weighted by Gasteiger charge is 2.34. The van der Waals surface area contributed by atoms with Gasteiger partial charge in [0, 0.05) is 32.0 Å². The van der Waals surface area contributed by atoms with Gasteiger partial charge in [-0.3, -0.25) is 4.98 Å². The number of nitrogens with one attached hydrogen (secondary N) is 1. The first-order valence-corrected chi connectivity index (χ1v) is 10.3. The second kappa shape index (κ2) is 8.16. The Morgan fingerprint density at radius 1 is 1.27 bits per heavy atom. The molecule has 6 nitrogen and oxygen atoms in total. The maximum atomic E-state index is 13.2. The molecule has 3 rings (SSSR count). The summed E-state index contributed by atoms with van der Waals surface area (Å²) in [4.78, 5) is 4.41. The molecule has 1 unspecified atom stereocenters. The van der Waals surface area contributed by atoms with Gasteiger partial charge in [0.15, 0.2) is 0 Å². The Morgan fingerprint density at radius 3 is 2.69 bits per heavy atom. The summed E-state index contributed by atoms with van der Waals surface area (Å²) in [6.07, 6.45) is 3.41. The Kier molecular flexibility index (Phi) is 5.90. The first-order valence-electron chi connectivity index (χ1n) is 8.84. The minimum Gasteiger partial charge on any atom is -0.493 e. The van der Waals surface area contributed by atoms with E-state index in [2.05, 4.69) is 24.1 Å². The molecule has 2 heterocycles. The number of nitrogens with zero attached hydrogens (tertiary/aromatic N) is 2. The third kappa shape index (κ3) is 4.23. The number of aromatic nitrogens is 1. The third-order valence-corrected chi connectivity index (χ3v) is 6.20. The van der Waals surface area contributed by atoms with E-state index in [4.69, 9.17) is 4.74 Å². The van der Waals surface area contributed by atoms with Crippen LogP contribution in [0.25, 0.3) is 0 Å². The highest BCUT2D eigenvalue weighted by molar-refractivity contribution is 7.89. The minimum absolute atomic E-state index is 0.265. The van der Waals surface area contributed by atoms with Crippen molar-refractivity contribution in [3.8, 4) is 5.75 Å². The maximum absolute atomic E-state index is 13.2. The molecule has 0 bridgehead atoms. The average molecular weight is 375 g/mol. The van der Waals surface area contributed by atoms with E-state index >= 15 is 0 Å². The van der Waals surface area contributed by atoms with Crippen LogP contribution < -0.4 is 10.1 Å². The van der Waals surface area contributed by atoms with E-state index < -0.39 is 10.0 Å². The highest BCUT2D eigenvalue weighted by Crippen LogP contribution is 2.29. The number of benzene rings is 1. The molecule has 0 saturated carbocycles. The molecule has 1 aromatic carbocycles. The molecule has 1 aliphatic heterocycles. The van der Waals surface area contributed by atoms with Gasteiger partial charge in [-0.05, 0) is 41.8 Å². The summed E-state index contributed by atoms with van der Waals surface area (Å²) in [5, 5.41) is 3.27. The number of pyridine rings is 1. The molecule has 1 N–H and O–H groups in total. The van der Waals surface area contributed by atoms with Gasteiger partial charge in [-0.15, -0.1) is 0 Å². The number of piperazine rings is 1. The number of sulfonamides is 1. The number of hydrogen-bond donors (Lipinski definition) is 1. The summed E-state index contributed by atoms with van der Waals surface area (Å²) in [6.45, 7) is 6.37. The van der Waals surface area contributed by atoms with Crippen molar-refractivity contribution in [2.75, 3.05) is 26.2 Å². The normalized spacial score (nSPS) is 18.8. The van der Waals surface area contributed by atoms with Gasteiger partial charge >= 0.3 is 0 Å². The topological polar surface area (TPSA) is 71.5 Å². The zero-order chi connectivity index (χ0) is 18.6. The lowest BCUT2D eigenvalue weighted by Crippen LogP contribution is -2.48. The van der Waals surface area contributed by atoms with Crippen molar-refractivity contribution in [3.63, 3.8) is 0 Å². The van der Waals surface area contributed by atoms with E-state index in [0.29, 0.717) is 37.9 Å². The molecular formula is C19H25N3O3S. The number of ether oxygens (including phenoxy) is 1. The molecule has 1 fully saturated rings. The predicted octanol–water partition coefficient (Wildman–Crippen LogP) is 2.45. The smallest absolute Gasteiger partial charge is 0.243 e. The summed E-state index contributed by atoms with van der Waals surface area (Å²) in [7, 11) is -3.60. The number of hydrogen-bond acceptors (Lipinski definition) is 5. The quantitative estimate of drug-likeness (QED) is 0.840. The zero-order valence-corrected chi connectivity index (χ0v) is 15.9. The van der Waals surface area contributed by atoms with Crippen molar-refractivity contribution in [2.45, 2.75) is 24.8 Å². The highest BCUT2D eigenvalue weighted by atomic mass is 32.2. The standard InChI is InChI=1S/C19H25N3O3S/c1-15(2)14-25-17-5-7-18(8-6-17)26(23,24)22-11-10-21-13-19(22)16-4-3-9-20-12-16/h3-9,12,15,19,21H,10-11,13-14H2,1-2H3. The Bertz CT molecular complexity index is 808. The molecule has 1 aromatic heterocycles. The van der Waals surface area contributed by atoms with Crippen molar-refractivity contribution < 1.29 is 13.2 Å². The van der Waals surface area contributed by atoms with Gasteiger partial charge in [0.1, 0.15) is 5.75 Å². The summed E-state index contributed by atoms with van der Waals surface area (Å²) in [5.41, 5.74) is 0.889. The summed E-state index contributed by atoms with van der Waals surface area (Å²) < 4.78 is 33.6. The van der Waals surface area contributed by atoms with Gasteiger partial charge in [0.25, 0.3) is 0 Å². The summed E-state index contributed by atoms with van der Waals surface area (Å²) >= 11 is 0. The summed E-state index contributed by atoms with van der Waals surface area (Å²) in [6, 6.07) is 10.2. The molecule has 0 radical (unpaired) electrons. The Morgan fingerprint density at radius 2 is 2.04 bits per heavy atom. The SMILES string of the molecule is CC(C)COc1ccc(S(=O)(=O)N2CCNCC2c2cccnc2)cc1. The van der Waals surface area contributed by atoms with Gasteiger partial charge < -0.3 is 10.1 Å². The van der Waals surface area contributed by atoms with Crippen LogP contribution in [0.1, 0.15) is 25.5 Å². The van der Waals surface area contributed by atoms with E-state index in [9.17, 15) is 8.42 Å². The molecule has 0 amide bonds. The van der Waals surface area contributed by atoms with Crippen LogP contribution in [-0.2, 0) is 10.0 Å². The van der Waals surface area contributed by atoms with E-state index in [0.717, 1.165) is 5.56 Å². The first-order chi connectivity index (χ1) is 12.5. The van der Waals surface area contributed by atoms with E-state index in [-0.39, 0.29) is 10.9 Å². The fourth-order valence-corrected chi connectivity index (χ4v) is 4.55. The Hall–Kier alpha value is -1.96. The van der Waals surface area contributed by atoms with Crippen LogP contribution in [0.4, 0.5) is 0 Å². The van der Waals surface area contributed by atoms with Crippen molar-refractivity contribution >= 4 is 10.0 Å². The van der Waals surface area contributed by atoms with Crippen LogP contribution in [0.5, 0.6) is 5.75 Å². The van der Waals surface area contributed by atoms with E-state index in [1.54, 1.807) is 41.0 Å². The Labute approximate surface area is 155 Å². The largest absolute Gasteiger partial charge is 0.493 e. The second-order valence-corrected chi connectivity index (χ2v) is 8.69. The van der Waals surface area contributed by atoms with Crippen LogP contribution in [0.15, 0.2) is 53.7 Å².